The fraction of sp³-hybridized carbons (Fsp3) is 0.857. The van der Waals surface area contributed by atoms with Crippen LogP contribution in [-0.4, -0.2) is 66.3 Å². The van der Waals surface area contributed by atoms with E-state index in [1.54, 1.807) is 16.8 Å². The van der Waals surface area contributed by atoms with Crippen molar-refractivity contribution in [3.8, 4) is 0 Å². The number of fused-ring (bicyclic) bond motifs is 1. The number of urea groups is 1. The molecule has 1 heterocycles. The van der Waals surface area contributed by atoms with E-state index in [0.29, 0.717) is 32.2 Å². The van der Waals surface area contributed by atoms with Crippen LogP contribution in [0.4, 0.5) is 4.79 Å². The maximum absolute atomic E-state index is 12.4. The summed E-state index contributed by atoms with van der Waals surface area (Å²) in [5.74, 6) is -0.372. The Morgan fingerprint density at radius 1 is 1.40 bits per heavy atom. The molecule has 0 radical (unpaired) electrons. The smallest absolute Gasteiger partial charge is 0.326 e. The summed E-state index contributed by atoms with van der Waals surface area (Å²) in [5.41, 5.74) is 0. The highest BCUT2D eigenvalue weighted by molar-refractivity contribution is 5.83. The molecule has 114 valence electrons. The summed E-state index contributed by atoms with van der Waals surface area (Å²) in [7, 11) is 1.70. The van der Waals surface area contributed by atoms with E-state index in [2.05, 4.69) is 0 Å². The predicted octanol–water partition coefficient (Wildman–Crippen LogP) is 1.26. The number of nitrogens with zero attached hydrogens (tertiary/aromatic N) is 2. The molecule has 2 amide bonds. The number of rotatable bonds is 5. The van der Waals surface area contributed by atoms with Gasteiger partial charge in [-0.3, -0.25) is 0 Å². The van der Waals surface area contributed by atoms with Crippen LogP contribution < -0.4 is 0 Å². The van der Waals surface area contributed by atoms with Gasteiger partial charge in [-0.15, -0.1) is 0 Å². The molecule has 0 bridgehead atoms. The van der Waals surface area contributed by atoms with E-state index in [4.69, 9.17) is 4.74 Å². The molecule has 6 nitrogen and oxygen atoms in total. The minimum Gasteiger partial charge on any atom is -0.480 e. The number of hydrogen-bond donors (Lipinski definition) is 1. The lowest BCUT2D eigenvalue weighted by molar-refractivity contribution is -0.142. The number of likely N-dealkylation sites (N-methyl/N-ethyl adjacent to an activating group) is 1. The van der Waals surface area contributed by atoms with Crippen LogP contribution in [0.2, 0.25) is 0 Å². The molecule has 0 aromatic carbocycles. The summed E-state index contributed by atoms with van der Waals surface area (Å²) in [5, 5.41) is 9.44. The highest BCUT2D eigenvalue weighted by atomic mass is 16.5. The molecular formula is C14H24N2O4. The molecule has 1 aliphatic carbocycles. The van der Waals surface area contributed by atoms with Gasteiger partial charge < -0.3 is 19.6 Å². The van der Waals surface area contributed by atoms with E-state index in [1.807, 2.05) is 6.92 Å². The van der Waals surface area contributed by atoms with Crippen molar-refractivity contribution in [2.75, 3.05) is 33.4 Å². The van der Waals surface area contributed by atoms with Crippen molar-refractivity contribution in [3.63, 3.8) is 0 Å². The van der Waals surface area contributed by atoms with Gasteiger partial charge in [0.1, 0.15) is 6.04 Å². The number of likely N-dealkylation sites (tertiary alicyclic amines) is 1. The quantitative estimate of drug-likeness (QED) is 0.772. The second-order valence-corrected chi connectivity index (χ2v) is 5.69. The largest absolute Gasteiger partial charge is 0.480 e. The van der Waals surface area contributed by atoms with Gasteiger partial charge in [-0.1, -0.05) is 6.42 Å². The van der Waals surface area contributed by atoms with Gasteiger partial charge in [0.2, 0.25) is 0 Å². The standard InChI is InChI=1S/C14H24N2O4/c1-3-20-8-7-15(2)14(19)16-9-10-5-4-6-11(10)12(16)13(17)18/h10-12H,3-9H2,1-2H3,(H,17,18). The summed E-state index contributed by atoms with van der Waals surface area (Å²) < 4.78 is 5.24. The van der Waals surface area contributed by atoms with Crippen LogP contribution in [0, 0.1) is 11.8 Å². The number of carbonyl (C=O) groups excluding carboxylic acids is 1. The maximum atomic E-state index is 12.4. The van der Waals surface area contributed by atoms with Crippen molar-refractivity contribution >= 4 is 12.0 Å². The van der Waals surface area contributed by atoms with E-state index in [0.717, 1.165) is 19.3 Å². The van der Waals surface area contributed by atoms with Crippen LogP contribution in [0.25, 0.3) is 0 Å². The van der Waals surface area contributed by atoms with Crippen LogP contribution in [0.5, 0.6) is 0 Å². The normalized spacial score (nSPS) is 28.5. The van der Waals surface area contributed by atoms with Crippen LogP contribution >= 0.6 is 0 Å². The molecule has 0 aromatic heterocycles. The zero-order valence-corrected chi connectivity index (χ0v) is 12.2. The van der Waals surface area contributed by atoms with Gasteiger partial charge in [0.05, 0.1) is 6.61 Å². The Morgan fingerprint density at radius 3 is 2.80 bits per heavy atom. The van der Waals surface area contributed by atoms with Crippen LogP contribution in [0.15, 0.2) is 0 Å². The Kier molecular flexibility index (Phi) is 4.86. The number of carboxylic acids is 1. The topological polar surface area (TPSA) is 70.1 Å². The van der Waals surface area contributed by atoms with Gasteiger partial charge in [-0.25, -0.2) is 9.59 Å². The third-order valence-corrected chi connectivity index (χ3v) is 4.49. The summed E-state index contributed by atoms with van der Waals surface area (Å²) in [6, 6.07) is -0.837. The van der Waals surface area contributed by atoms with Crippen molar-refractivity contribution in [1.29, 1.82) is 0 Å². The SMILES string of the molecule is CCOCCN(C)C(=O)N1CC2CCCC2C1C(=O)O. The number of carboxylic acid groups (broad SMARTS) is 1. The lowest BCUT2D eigenvalue weighted by Gasteiger charge is -2.29. The lowest BCUT2D eigenvalue weighted by atomic mass is 9.94. The average Bonchev–Trinajstić information content (AvgIpc) is 2.97. The molecule has 6 heteroatoms. The Balaban J connectivity index is 1.99. The van der Waals surface area contributed by atoms with Crippen molar-refractivity contribution in [3.05, 3.63) is 0 Å². The second kappa shape index (κ2) is 6.43. The number of carbonyl (C=O) groups is 2. The first kappa shape index (κ1) is 15.1. The monoisotopic (exact) mass is 284 g/mol. The fourth-order valence-corrected chi connectivity index (χ4v) is 3.48. The molecule has 2 rings (SSSR count). The second-order valence-electron chi connectivity index (χ2n) is 5.69. The summed E-state index contributed by atoms with van der Waals surface area (Å²) in [4.78, 5) is 27.0. The van der Waals surface area contributed by atoms with Gasteiger partial charge in [0, 0.05) is 26.7 Å². The van der Waals surface area contributed by atoms with E-state index < -0.39 is 12.0 Å². The zero-order chi connectivity index (χ0) is 14.7. The molecular weight excluding hydrogens is 260 g/mol. The molecule has 0 spiro atoms. The van der Waals surface area contributed by atoms with Gasteiger partial charge in [-0.2, -0.15) is 0 Å². The summed E-state index contributed by atoms with van der Waals surface area (Å²) in [6.07, 6.45) is 3.05. The predicted molar refractivity (Wildman–Crippen MR) is 73.5 cm³/mol. The van der Waals surface area contributed by atoms with Crippen molar-refractivity contribution < 1.29 is 19.4 Å². The Bertz CT molecular complexity index is 374. The third kappa shape index (κ3) is 2.90. The Hall–Kier alpha value is -1.30. The van der Waals surface area contributed by atoms with Crippen LogP contribution in [-0.2, 0) is 9.53 Å². The third-order valence-electron chi connectivity index (χ3n) is 4.49. The minimum absolute atomic E-state index is 0.136. The number of aliphatic carboxylic acids is 1. The zero-order valence-electron chi connectivity index (χ0n) is 12.2. The molecule has 1 aliphatic heterocycles. The molecule has 2 fully saturated rings. The van der Waals surface area contributed by atoms with E-state index in [9.17, 15) is 14.7 Å². The molecule has 3 atom stereocenters. The molecule has 0 aromatic rings. The first-order valence-corrected chi connectivity index (χ1v) is 7.38. The molecule has 1 N–H and O–H groups in total. The maximum Gasteiger partial charge on any atom is 0.326 e. The van der Waals surface area contributed by atoms with Crippen LogP contribution in [0.3, 0.4) is 0 Å². The highest BCUT2D eigenvalue weighted by Crippen LogP contribution is 2.42. The van der Waals surface area contributed by atoms with Gasteiger partial charge in [0.25, 0.3) is 0 Å². The molecule has 2 aliphatic rings. The first-order valence-electron chi connectivity index (χ1n) is 7.38. The van der Waals surface area contributed by atoms with Crippen LogP contribution in [0.1, 0.15) is 26.2 Å². The van der Waals surface area contributed by atoms with Gasteiger partial charge >= 0.3 is 12.0 Å². The van der Waals surface area contributed by atoms with Crippen molar-refractivity contribution in [2.24, 2.45) is 11.8 Å². The van der Waals surface area contributed by atoms with E-state index in [-0.39, 0.29) is 11.9 Å². The minimum atomic E-state index is -0.869. The first-order chi connectivity index (χ1) is 9.56. The summed E-state index contributed by atoms with van der Waals surface area (Å²) in [6.45, 7) is 4.08. The van der Waals surface area contributed by atoms with Gasteiger partial charge in [0.15, 0.2) is 0 Å². The molecule has 20 heavy (non-hydrogen) atoms. The number of amides is 2. The summed E-state index contributed by atoms with van der Waals surface area (Å²) >= 11 is 0. The van der Waals surface area contributed by atoms with Crippen molar-refractivity contribution in [2.45, 2.75) is 32.2 Å². The molecule has 1 saturated heterocycles. The highest BCUT2D eigenvalue weighted by Gasteiger charge is 2.50. The Morgan fingerprint density at radius 2 is 2.15 bits per heavy atom. The van der Waals surface area contributed by atoms with Gasteiger partial charge in [-0.05, 0) is 31.6 Å². The lowest BCUT2D eigenvalue weighted by Crippen LogP contribution is -2.49. The number of hydrogen-bond acceptors (Lipinski definition) is 3. The van der Waals surface area contributed by atoms with E-state index in [1.165, 1.54) is 0 Å². The molecule has 1 saturated carbocycles. The molecule has 3 unspecified atom stereocenters. The fourth-order valence-electron chi connectivity index (χ4n) is 3.48. The average molecular weight is 284 g/mol. The Labute approximate surface area is 119 Å². The van der Waals surface area contributed by atoms with E-state index >= 15 is 0 Å². The van der Waals surface area contributed by atoms with Crippen molar-refractivity contribution in [1.82, 2.24) is 9.80 Å². The number of ether oxygens (including phenoxy) is 1.